The average Bonchev–Trinajstić information content (AvgIpc) is 3.60. The number of fused-ring (bicyclic) bond motifs is 6. The van der Waals surface area contributed by atoms with Crippen molar-refractivity contribution in [3.8, 4) is 33.9 Å². The summed E-state index contributed by atoms with van der Waals surface area (Å²) in [6, 6.07) is 39.1. The van der Waals surface area contributed by atoms with Gasteiger partial charge in [0, 0.05) is 35.9 Å². The Morgan fingerprint density at radius 2 is 0.795 bits per heavy atom. The third-order valence-corrected chi connectivity index (χ3v) is 8.13. The number of aromatic nitrogens is 7. The molecule has 7 aromatic heterocycles. The van der Waals surface area contributed by atoms with Crippen LogP contribution in [0.2, 0.25) is 0 Å². The molecule has 206 valence electrons. The fourth-order valence-electron chi connectivity index (χ4n) is 6.25. The van der Waals surface area contributed by atoms with Gasteiger partial charge in [0.05, 0.1) is 22.1 Å². The molecule has 0 saturated heterocycles. The highest BCUT2D eigenvalue weighted by molar-refractivity contribution is 6.13. The highest BCUT2D eigenvalue weighted by Crippen LogP contribution is 2.39. The molecule has 0 radical (unpaired) electrons. The summed E-state index contributed by atoms with van der Waals surface area (Å²) in [7, 11) is 0. The molecule has 7 heteroatoms. The lowest BCUT2D eigenvalue weighted by atomic mass is 10.1. The monoisotopic (exact) mass is 565 g/mol. The van der Waals surface area contributed by atoms with Gasteiger partial charge in [-0.2, -0.15) is 0 Å². The predicted molar refractivity (Wildman–Crippen MR) is 175 cm³/mol. The molecule has 0 saturated carbocycles. The van der Waals surface area contributed by atoms with Crippen LogP contribution in [-0.4, -0.2) is 34.1 Å². The van der Waals surface area contributed by atoms with E-state index in [-0.39, 0.29) is 0 Å². The lowest BCUT2D eigenvalue weighted by Gasteiger charge is -2.13. The fraction of sp³-hybridized carbons (Fsp3) is 0. The van der Waals surface area contributed by atoms with E-state index < -0.39 is 0 Å². The van der Waals surface area contributed by atoms with Crippen molar-refractivity contribution in [3.05, 3.63) is 140 Å². The van der Waals surface area contributed by atoms with Gasteiger partial charge < -0.3 is 0 Å². The molecule has 0 bridgehead atoms. The van der Waals surface area contributed by atoms with E-state index in [0.717, 1.165) is 78.0 Å². The molecule has 7 heterocycles. The summed E-state index contributed by atoms with van der Waals surface area (Å²) in [6.45, 7) is 0. The van der Waals surface area contributed by atoms with Gasteiger partial charge in [0.2, 0.25) is 0 Å². The standard InChI is InChI=1S/C37H23N7/c1-3-11-24(12-4-1)26-15-7-21-40-36(26)43-28-17-9-19-38-32(28)34-30(43)23-31-35(42-34)33-29(18-10-20-39-33)44(31)37-27(16-8-22-41-37)25-13-5-2-6-14-25/h1-23H. The number of pyridine rings is 5. The van der Waals surface area contributed by atoms with Gasteiger partial charge in [-0.15, -0.1) is 0 Å². The molecule has 44 heavy (non-hydrogen) atoms. The fourth-order valence-corrected chi connectivity index (χ4v) is 6.25. The first kappa shape index (κ1) is 24.4. The number of nitrogens with zero attached hydrogens (tertiary/aromatic N) is 7. The average molecular weight is 566 g/mol. The third kappa shape index (κ3) is 3.59. The summed E-state index contributed by atoms with van der Waals surface area (Å²) in [4.78, 5) is 24.8. The summed E-state index contributed by atoms with van der Waals surface area (Å²) in [5, 5.41) is 0. The van der Waals surface area contributed by atoms with E-state index in [2.05, 4.69) is 63.7 Å². The van der Waals surface area contributed by atoms with Gasteiger partial charge in [0.25, 0.3) is 0 Å². The first-order chi connectivity index (χ1) is 21.9. The van der Waals surface area contributed by atoms with E-state index in [9.17, 15) is 0 Å². The Morgan fingerprint density at radius 1 is 0.364 bits per heavy atom. The molecule has 9 rings (SSSR count). The van der Waals surface area contributed by atoms with E-state index in [1.54, 1.807) is 0 Å². The maximum Gasteiger partial charge on any atom is 0.145 e. The Kier molecular flexibility index (Phi) is 5.36. The third-order valence-electron chi connectivity index (χ3n) is 8.13. The van der Waals surface area contributed by atoms with Gasteiger partial charge in [-0.3, -0.25) is 19.1 Å². The molecular formula is C37H23N7. The van der Waals surface area contributed by atoms with Crippen LogP contribution < -0.4 is 0 Å². The Labute approximate surface area is 251 Å². The summed E-state index contributed by atoms with van der Waals surface area (Å²) < 4.78 is 4.36. The minimum Gasteiger partial charge on any atom is -0.290 e. The van der Waals surface area contributed by atoms with Crippen LogP contribution in [0.4, 0.5) is 0 Å². The van der Waals surface area contributed by atoms with E-state index in [4.69, 9.17) is 24.9 Å². The van der Waals surface area contributed by atoms with Gasteiger partial charge in [-0.05, 0) is 65.7 Å². The second kappa shape index (κ2) is 9.68. The molecule has 0 spiro atoms. The Bertz CT molecular complexity index is 2320. The molecule has 0 aliphatic heterocycles. The van der Waals surface area contributed by atoms with Crippen molar-refractivity contribution in [2.24, 2.45) is 0 Å². The zero-order chi connectivity index (χ0) is 29.0. The summed E-state index contributed by atoms with van der Waals surface area (Å²) in [6.07, 6.45) is 7.30. The van der Waals surface area contributed by atoms with Gasteiger partial charge in [0.1, 0.15) is 33.7 Å². The molecule has 0 N–H and O–H groups in total. The smallest absolute Gasteiger partial charge is 0.145 e. The van der Waals surface area contributed by atoms with Crippen LogP contribution in [0.15, 0.2) is 140 Å². The van der Waals surface area contributed by atoms with Crippen molar-refractivity contribution in [1.82, 2.24) is 34.1 Å². The van der Waals surface area contributed by atoms with Gasteiger partial charge >= 0.3 is 0 Å². The lowest BCUT2D eigenvalue weighted by molar-refractivity contribution is 1.07. The number of hydrogen-bond donors (Lipinski definition) is 0. The predicted octanol–water partition coefficient (Wildman–Crippen LogP) is 8.19. The number of hydrogen-bond acceptors (Lipinski definition) is 5. The number of benzene rings is 2. The van der Waals surface area contributed by atoms with Crippen LogP contribution in [0.5, 0.6) is 0 Å². The summed E-state index contributed by atoms with van der Waals surface area (Å²) in [5.74, 6) is 1.63. The van der Waals surface area contributed by atoms with Crippen LogP contribution in [0.25, 0.3) is 78.0 Å². The van der Waals surface area contributed by atoms with Crippen LogP contribution in [-0.2, 0) is 0 Å². The number of rotatable bonds is 4. The largest absolute Gasteiger partial charge is 0.290 e. The van der Waals surface area contributed by atoms with Gasteiger partial charge in [0.15, 0.2) is 0 Å². The first-order valence-corrected chi connectivity index (χ1v) is 14.4. The Balaban J connectivity index is 1.43. The highest BCUT2D eigenvalue weighted by atomic mass is 15.1. The van der Waals surface area contributed by atoms with E-state index in [1.807, 2.05) is 85.5 Å². The van der Waals surface area contributed by atoms with Gasteiger partial charge in [-0.25, -0.2) is 15.0 Å². The Hall–Kier alpha value is -6.21. The van der Waals surface area contributed by atoms with E-state index in [1.165, 1.54) is 0 Å². The molecule has 9 aromatic rings. The van der Waals surface area contributed by atoms with E-state index >= 15 is 0 Å². The molecule has 0 aliphatic carbocycles. The van der Waals surface area contributed by atoms with Crippen molar-refractivity contribution >= 4 is 44.1 Å². The van der Waals surface area contributed by atoms with Crippen LogP contribution in [0.3, 0.4) is 0 Å². The topological polar surface area (TPSA) is 74.3 Å². The highest BCUT2D eigenvalue weighted by Gasteiger charge is 2.23. The van der Waals surface area contributed by atoms with Crippen LogP contribution >= 0.6 is 0 Å². The molecule has 7 nitrogen and oxygen atoms in total. The molecule has 0 atom stereocenters. The summed E-state index contributed by atoms with van der Waals surface area (Å²) >= 11 is 0. The second-order valence-electron chi connectivity index (χ2n) is 10.6. The molecule has 0 unspecified atom stereocenters. The lowest BCUT2D eigenvalue weighted by Crippen LogP contribution is -2.02. The molecule has 0 amide bonds. The van der Waals surface area contributed by atoms with Crippen molar-refractivity contribution in [2.45, 2.75) is 0 Å². The Morgan fingerprint density at radius 3 is 1.27 bits per heavy atom. The molecular weight excluding hydrogens is 542 g/mol. The SMILES string of the molecule is c1ccc(-c2cccnc2-n2c3cccnc3c3nc4c5ncccc5n(-c5ncccc5-c5ccccc5)c4cc32)cc1. The summed E-state index contributed by atoms with van der Waals surface area (Å²) in [5.41, 5.74) is 11.1. The normalized spacial score (nSPS) is 11.6. The zero-order valence-corrected chi connectivity index (χ0v) is 23.4. The first-order valence-electron chi connectivity index (χ1n) is 14.4. The molecule has 0 aliphatic rings. The quantitative estimate of drug-likeness (QED) is 0.215. The van der Waals surface area contributed by atoms with Crippen molar-refractivity contribution < 1.29 is 0 Å². The minimum atomic E-state index is 0.798. The second-order valence-corrected chi connectivity index (χ2v) is 10.6. The minimum absolute atomic E-state index is 0.798. The van der Waals surface area contributed by atoms with E-state index in [0.29, 0.717) is 0 Å². The molecule has 2 aromatic carbocycles. The zero-order valence-electron chi connectivity index (χ0n) is 23.4. The maximum atomic E-state index is 5.31. The maximum absolute atomic E-state index is 5.31. The van der Waals surface area contributed by atoms with Crippen molar-refractivity contribution in [2.75, 3.05) is 0 Å². The van der Waals surface area contributed by atoms with Crippen LogP contribution in [0, 0.1) is 0 Å². The van der Waals surface area contributed by atoms with Crippen molar-refractivity contribution in [1.29, 1.82) is 0 Å². The van der Waals surface area contributed by atoms with Crippen LogP contribution in [0.1, 0.15) is 0 Å². The van der Waals surface area contributed by atoms with Gasteiger partial charge in [-0.1, -0.05) is 60.7 Å². The molecule has 0 fully saturated rings. The van der Waals surface area contributed by atoms with Crippen molar-refractivity contribution in [3.63, 3.8) is 0 Å².